The Balaban J connectivity index is 3.51. The van der Waals surface area contributed by atoms with E-state index < -0.39 is 6.09 Å². The van der Waals surface area contributed by atoms with Crippen LogP contribution < -0.4 is 10.6 Å². The molecule has 20 heavy (non-hydrogen) atoms. The normalized spacial score (nSPS) is 10.5. The number of terminal acetylenes is 1. The lowest BCUT2D eigenvalue weighted by molar-refractivity contribution is -0.122. The number of alkyl carbamates (subject to hydrolysis) is 1. The summed E-state index contributed by atoms with van der Waals surface area (Å²) in [5, 5.41) is 5.59. The zero-order valence-corrected chi connectivity index (χ0v) is 12.8. The summed E-state index contributed by atoms with van der Waals surface area (Å²) in [6.45, 7) is 6.59. The molecule has 5 nitrogen and oxygen atoms in total. The van der Waals surface area contributed by atoms with Gasteiger partial charge in [-0.25, -0.2) is 4.79 Å². The molecule has 0 fully saturated rings. The fourth-order valence-corrected chi connectivity index (χ4v) is 1.46. The van der Waals surface area contributed by atoms with Gasteiger partial charge in [0.15, 0.2) is 6.61 Å². The van der Waals surface area contributed by atoms with Gasteiger partial charge in [0, 0.05) is 18.5 Å². The van der Waals surface area contributed by atoms with Crippen LogP contribution in [0.4, 0.5) is 4.79 Å². The minimum atomic E-state index is -0.495. The third-order valence-electron chi connectivity index (χ3n) is 3.00. The SMILES string of the molecule is C#CCOC(=O)NCCCCCC(=O)NC(C)(C)CC. The molecule has 2 amide bonds. The third-order valence-corrected chi connectivity index (χ3v) is 3.00. The van der Waals surface area contributed by atoms with E-state index in [-0.39, 0.29) is 18.1 Å². The topological polar surface area (TPSA) is 67.4 Å². The van der Waals surface area contributed by atoms with Gasteiger partial charge in [-0.05, 0) is 33.1 Å². The van der Waals surface area contributed by atoms with Crippen LogP contribution in [0.25, 0.3) is 0 Å². The summed E-state index contributed by atoms with van der Waals surface area (Å²) in [6, 6.07) is 0. The highest BCUT2D eigenvalue weighted by Gasteiger charge is 2.16. The fraction of sp³-hybridized carbons (Fsp3) is 0.733. The van der Waals surface area contributed by atoms with Gasteiger partial charge in [0.05, 0.1) is 0 Å². The predicted octanol–water partition coefficient (Wildman–Crippen LogP) is 2.21. The number of amides is 2. The van der Waals surface area contributed by atoms with E-state index in [9.17, 15) is 9.59 Å². The Hall–Kier alpha value is -1.70. The summed E-state index contributed by atoms with van der Waals surface area (Å²) >= 11 is 0. The molecular weight excluding hydrogens is 256 g/mol. The molecule has 0 radical (unpaired) electrons. The predicted molar refractivity (Wildman–Crippen MR) is 79.2 cm³/mol. The Morgan fingerprint density at radius 1 is 1.25 bits per heavy atom. The molecule has 0 bridgehead atoms. The molecule has 114 valence electrons. The van der Waals surface area contributed by atoms with Crippen molar-refractivity contribution in [2.75, 3.05) is 13.2 Å². The Bertz CT molecular complexity index is 346. The van der Waals surface area contributed by atoms with Crippen LogP contribution in [-0.2, 0) is 9.53 Å². The highest BCUT2D eigenvalue weighted by atomic mass is 16.5. The first-order valence-electron chi connectivity index (χ1n) is 7.06. The monoisotopic (exact) mass is 282 g/mol. The lowest BCUT2D eigenvalue weighted by Gasteiger charge is -2.24. The van der Waals surface area contributed by atoms with E-state index in [1.165, 1.54) is 0 Å². The van der Waals surface area contributed by atoms with Gasteiger partial charge in [-0.2, -0.15) is 0 Å². The summed E-state index contributed by atoms with van der Waals surface area (Å²) in [6.07, 6.45) is 8.40. The molecule has 0 rings (SSSR count). The summed E-state index contributed by atoms with van der Waals surface area (Å²) in [4.78, 5) is 22.7. The van der Waals surface area contributed by atoms with Gasteiger partial charge in [0.25, 0.3) is 0 Å². The number of unbranched alkanes of at least 4 members (excludes halogenated alkanes) is 2. The molecule has 0 aliphatic heterocycles. The smallest absolute Gasteiger partial charge is 0.408 e. The number of ether oxygens (including phenoxy) is 1. The van der Waals surface area contributed by atoms with Gasteiger partial charge in [0.1, 0.15) is 0 Å². The Kier molecular flexibility index (Phi) is 9.27. The van der Waals surface area contributed by atoms with Crippen LogP contribution in [-0.4, -0.2) is 30.7 Å². The second-order valence-electron chi connectivity index (χ2n) is 5.30. The Morgan fingerprint density at radius 3 is 2.55 bits per heavy atom. The van der Waals surface area contributed by atoms with Crippen molar-refractivity contribution in [1.82, 2.24) is 10.6 Å². The van der Waals surface area contributed by atoms with Crippen LogP contribution in [0.5, 0.6) is 0 Å². The van der Waals surface area contributed by atoms with Gasteiger partial charge >= 0.3 is 6.09 Å². The van der Waals surface area contributed by atoms with Gasteiger partial charge in [0.2, 0.25) is 5.91 Å². The van der Waals surface area contributed by atoms with Crippen molar-refractivity contribution in [2.24, 2.45) is 0 Å². The molecule has 0 atom stereocenters. The number of carbonyl (C=O) groups is 2. The molecule has 0 heterocycles. The van der Waals surface area contributed by atoms with Crippen LogP contribution in [0.2, 0.25) is 0 Å². The summed E-state index contributed by atoms with van der Waals surface area (Å²) in [7, 11) is 0. The molecule has 5 heteroatoms. The average Bonchev–Trinajstić information content (AvgIpc) is 2.39. The molecule has 0 aliphatic rings. The minimum absolute atomic E-state index is 0.0147. The van der Waals surface area contributed by atoms with Gasteiger partial charge < -0.3 is 15.4 Å². The highest BCUT2D eigenvalue weighted by Crippen LogP contribution is 2.08. The van der Waals surface area contributed by atoms with E-state index in [4.69, 9.17) is 6.42 Å². The number of hydrogen-bond acceptors (Lipinski definition) is 3. The fourth-order valence-electron chi connectivity index (χ4n) is 1.46. The number of hydrogen-bond donors (Lipinski definition) is 2. The molecule has 0 saturated carbocycles. The molecule has 0 unspecified atom stereocenters. The molecule has 0 aliphatic carbocycles. The summed E-state index contributed by atoms with van der Waals surface area (Å²) in [5.74, 6) is 2.30. The molecule has 2 N–H and O–H groups in total. The maximum atomic E-state index is 11.7. The Labute approximate surface area is 121 Å². The number of carbonyl (C=O) groups excluding carboxylic acids is 2. The zero-order valence-electron chi connectivity index (χ0n) is 12.8. The second-order valence-corrected chi connectivity index (χ2v) is 5.30. The molecule has 0 aromatic carbocycles. The van der Waals surface area contributed by atoms with Crippen LogP contribution in [0.1, 0.15) is 52.9 Å². The van der Waals surface area contributed by atoms with Gasteiger partial charge in [-0.15, -0.1) is 6.42 Å². The van der Waals surface area contributed by atoms with Crippen LogP contribution in [0, 0.1) is 12.3 Å². The summed E-state index contributed by atoms with van der Waals surface area (Å²) in [5.41, 5.74) is -0.139. The van der Waals surface area contributed by atoms with Crippen molar-refractivity contribution in [1.29, 1.82) is 0 Å². The quantitative estimate of drug-likeness (QED) is 0.503. The first-order chi connectivity index (χ1) is 9.41. The van der Waals surface area contributed by atoms with Crippen molar-refractivity contribution < 1.29 is 14.3 Å². The number of nitrogens with one attached hydrogen (secondary N) is 2. The lowest BCUT2D eigenvalue weighted by atomic mass is 10.0. The maximum Gasteiger partial charge on any atom is 0.408 e. The average molecular weight is 282 g/mol. The molecular formula is C15H26N2O3. The molecule has 0 aromatic heterocycles. The first-order valence-corrected chi connectivity index (χ1v) is 7.06. The third kappa shape index (κ3) is 10.2. The molecule has 0 spiro atoms. The van der Waals surface area contributed by atoms with Crippen LogP contribution >= 0.6 is 0 Å². The maximum absolute atomic E-state index is 11.7. The first kappa shape index (κ1) is 18.3. The van der Waals surface area contributed by atoms with Crippen molar-refractivity contribution in [3.63, 3.8) is 0 Å². The molecule has 0 saturated heterocycles. The van der Waals surface area contributed by atoms with Crippen molar-refractivity contribution in [2.45, 2.75) is 58.4 Å². The Morgan fingerprint density at radius 2 is 1.95 bits per heavy atom. The minimum Gasteiger partial charge on any atom is -0.436 e. The van der Waals surface area contributed by atoms with Gasteiger partial charge in [-0.1, -0.05) is 19.3 Å². The van der Waals surface area contributed by atoms with E-state index in [1.54, 1.807) is 0 Å². The molecule has 0 aromatic rings. The van der Waals surface area contributed by atoms with Crippen molar-refractivity contribution in [3.8, 4) is 12.3 Å². The van der Waals surface area contributed by atoms with E-state index in [0.717, 1.165) is 25.7 Å². The van der Waals surface area contributed by atoms with Crippen molar-refractivity contribution in [3.05, 3.63) is 0 Å². The highest BCUT2D eigenvalue weighted by molar-refractivity contribution is 5.76. The summed E-state index contributed by atoms with van der Waals surface area (Å²) < 4.78 is 4.65. The van der Waals surface area contributed by atoms with Crippen molar-refractivity contribution >= 4 is 12.0 Å². The van der Waals surface area contributed by atoms with E-state index in [2.05, 4.69) is 21.3 Å². The van der Waals surface area contributed by atoms with Crippen LogP contribution in [0.15, 0.2) is 0 Å². The number of rotatable bonds is 9. The largest absolute Gasteiger partial charge is 0.436 e. The van der Waals surface area contributed by atoms with E-state index >= 15 is 0 Å². The lowest BCUT2D eigenvalue weighted by Crippen LogP contribution is -2.42. The zero-order chi connectivity index (χ0) is 15.4. The van der Waals surface area contributed by atoms with Crippen LogP contribution in [0.3, 0.4) is 0 Å². The van der Waals surface area contributed by atoms with E-state index in [0.29, 0.717) is 13.0 Å². The van der Waals surface area contributed by atoms with Gasteiger partial charge in [-0.3, -0.25) is 4.79 Å². The second kappa shape index (κ2) is 10.1. The standard InChI is InChI=1S/C15H26N2O3/c1-5-12-20-14(19)16-11-9-7-8-10-13(18)17-15(3,4)6-2/h1H,6-12H2,2-4H3,(H,16,19)(H,17,18). The van der Waals surface area contributed by atoms with E-state index in [1.807, 2.05) is 20.8 Å².